The van der Waals surface area contributed by atoms with Gasteiger partial charge >= 0.3 is 0 Å². The van der Waals surface area contributed by atoms with E-state index in [0.717, 1.165) is 15.7 Å². The van der Waals surface area contributed by atoms with Crippen LogP contribution in [0.1, 0.15) is 6.92 Å². The predicted molar refractivity (Wildman–Crippen MR) is 71.4 cm³/mol. The van der Waals surface area contributed by atoms with Crippen LogP contribution in [-0.4, -0.2) is 19.0 Å². The van der Waals surface area contributed by atoms with Crippen molar-refractivity contribution in [1.29, 1.82) is 0 Å². The minimum atomic E-state index is -0.0193. The van der Waals surface area contributed by atoms with E-state index in [1.807, 2.05) is 31.2 Å². The average Bonchev–Trinajstić information content (AvgIpc) is 2.59. The van der Waals surface area contributed by atoms with E-state index < -0.39 is 0 Å². The van der Waals surface area contributed by atoms with E-state index in [1.54, 1.807) is 18.3 Å². The smallest absolute Gasteiger partial charge is 0.271 e. The van der Waals surface area contributed by atoms with Gasteiger partial charge in [-0.05, 0) is 31.2 Å². The number of nitrogens with one attached hydrogen (secondary N) is 2. The molecule has 1 amide bonds. The number of rotatable bonds is 2. The maximum atomic E-state index is 12.1. The second-order valence-corrected chi connectivity index (χ2v) is 4.77. The lowest BCUT2D eigenvalue weighted by molar-refractivity contribution is -0.114. The maximum absolute atomic E-state index is 12.1. The van der Waals surface area contributed by atoms with Crippen LogP contribution >= 0.6 is 15.9 Å². The number of anilines is 1. The topological polar surface area (TPSA) is 44.4 Å². The van der Waals surface area contributed by atoms with Crippen molar-refractivity contribution < 1.29 is 4.79 Å². The van der Waals surface area contributed by atoms with E-state index >= 15 is 0 Å². The minimum Gasteiger partial charge on any atom is -0.394 e. The quantitative estimate of drug-likeness (QED) is 0.818. The molecular formula is C12H14BrN3O. The van der Waals surface area contributed by atoms with Gasteiger partial charge in [-0.15, -0.1) is 0 Å². The highest BCUT2D eigenvalue weighted by Gasteiger charge is 2.32. The molecule has 4 nitrogen and oxygen atoms in total. The van der Waals surface area contributed by atoms with Crippen LogP contribution in [0, 0.1) is 0 Å². The summed E-state index contributed by atoms with van der Waals surface area (Å²) in [7, 11) is 1.79. The van der Waals surface area contributed by atoms with Crippen molar-refractivity contribution in [3.63, 3.8) is 0 Å². The lowest BCUT2D eigenvalue weighted by Crippen LogP contribution is -2.36. The van der Waals surface area contributed by atoms with E-state index in [1.165, 1.54) is 0 Å². The molecule has 1 atom stereocenters. The van der Waals surface area contributed by atoms with Gasteiger partial charge in [0.2, 0.25) is 0 Å². The number of hydrogen-bond donors (Lipinski definition) is 2. The van der Waals surface area contributed by atoms with Crippen molar-refractivity contribution in [2.45, 2.75) is 13.0 Å². The normalized spacial score (nSPS) is 22.3. The maximum Gasteiger partial charge on any atom is 0.271 e. The Morgan fingerprint density at radius 1 is 1.41 bits per heavy atom. The van der Waals surface area contributed by atoms with E-state index in [4.69, 9.17) is 0 Å². The fourth-order valence-corrected chi connectivity index (χ4v) is 2.02. The van der Waals surface area contributed by atoms with Crippen LogP contribution in [-0.2, 0) is 4.79 Å². The molecule has 0 spiro atoms. The molecule has 1 unspecified atom stereocenters. The third kappa shape index (κ3) is 2.35. The Labute approximate surface area is 109 Å². The number of hydrogen-bond acceptors (Lipinski definition) is 3. The van der Waals surface area contributed by atoms with Gasteiger partial charge in [-0.2, -0.15) is 0 Å². The summed E-state index contributed by atoms with van der Waals surface area (Å²) in [4.78, 5) is 12.1. The Bertz CT molecular complexity index is 455. The highest BCUT2D eigenvalue weighted by Crippen LogP contribution is 2.23. The highest BCUT2D eigenvalue weighted by molar-refractivity contribution is 9.10. The van der Waals surface area contributed by atoms with Gasteiger partial charge in [0.05, 0.1) is 17.3 Å². The number of carbonyl (C=O) groups is 1. The molecule has 1 aliphatic rings. The fraction of sp³-hybridized carbons (Fsp3) is 0.250. The third-order valence-electron chi connectivity index (χ3n) is 2.62. The van der Waals surface area contributed by atoms with Gasteiger partial charge in [0, 0.05) is 17.7 Å². The minimum absolute atomic E-state index is 0.0126. The molecule has 2 N–H and O–H groups in total. The Morgan fingerprint density at radius 2 is 2.06 bits per heavy atom. The van der Waals surface area contributed by atoms with Crippen molar-refractivity contribution in [3.05, 3.63) is 40.5 Å². The Balaban J connectivity index is 2.27. The monoisotopic (exact) mass is 295 g/mol. The van der Waals surface area contributed by atoms with Gasteiger partial charge in [0.1, 0.15) is 0 Å². The number of amides is 1. The molecule has 1 aliphatic heterocycles. The Hall–Kier alpha value is -1.33. The molecule has 2 rings (SSSR count). The molecule has 1 heterocycles. The lowest BCUT2D eigenvalue weighted by atomic mass is 10.1. The van der Waals surface area contributed by atoms with Crippen LogP contribution in [0.3, 0.4) is 0 Å². The number of halogens is 1. The second-order valence-electron chi connectivity index (χ2n) is 3.86. The van der Waals surface area contributed by atoms with Crippen LogP contribution in [0.4, 0.5) is 5.69 Å². The van der Waals surface area contributed by atoms with E-state index in [0.29, 0.717) is 0 Å². The molecule has 0 saturated carbocycles. The lowest BCUT2D eigenvalue weighted by Gasteiger charge is -2.16. The Morgan fingerprint density at radius 3 is 2.65 bits per heavy atom. The van der Waals surface area contributed by atoms with Gasteiger partial charge in [-0.3, -0.25) is 4.79 Å². The summed E-state index contributed by atoms with van der Waals surface area (Å²) in [5.74, 6) is -0.0193. The molecule has 0 aromatic heterocycles. The van der Waals surface area contributed by atoms with E-state index in [-0.39, 0.29) is 11.9 Å². The number of nitrogens with zero attached hydrogens (tertiary/aromatic N) is 1. The molecule has 1 aromatic carbocycles. The van der Waals surface area contributed by atoms with Crippen LogP contribution in [0.25, 0.3) is 0 Å². The van der Waals surface area contributed by atoms with Crippen molar-refractivity contribution in [2.24, 2.45) is 0 Å². The van der Waals surface area contributed by atoms with Crippen molar-refractivity contribution in [1.82, 2.24) is 10.7 Å². The van der Waals surface area contributed by atoms with Gasteiger partial charge in [0.15, 0.2) is 0 Å². The first-order valence-electron chi connectivity index (χ1n) is 5.37. The molecule has 1 saturated heterocycles. The molecule has 90 valence electrons. The highest BCUT2D eigenvalue weighted by atomic mass is 79.9. The first-order valence-corrected chi connectivity index (χ1v) is 6.16. The Kier molecular flexibility index (Phi) is 3.49. The standard InChI is InChI=1S/C12H14BrN3O/c1-8-11(7-14-2)12(17)16(15-8)10-5-3-9(13)4-6-10/h3-8,14-15H,1-2H3. The van der Waals surface area contributed by atoms with Crippen molar-refractivity contribution >= 4 is 27.5 Å². The summed E-state index contributed by atoms with van der Waals surface area (Å²) in [5, 5.41) is 4.46. The molecule has 1 fully saturated rings. The summed E-state index contributed by atoms with van der Waals surface area (Å²) >= 11 is 3.37. The van der Waals surface area contributed by atoms with E-state index in [9.17, 15) is 4.79 Å². The summed E-state index contributed by atoms with van der Waals surface area (Å²) in [5.41, 5.74) is 4.70. The average molecular weight is 296 g/mol. The van der Waals surface area contributed by atoms with Crippen LogP contribution in [0.5, 0.6) is 0 Å². The van der Waals surface area contributed by atoms with Crippen LogP contribution in [0.2, 0.25) is 0 Å². The first-order chi connectivity index (χ1) is 8.13. The molecule has 0 bridgehead atoms. The zero-order valence-corrected chi connectivity index (χ0v) is 11.3. The van der Waals surface area contributed by atoms with Crippen molar-refractivity contribution in [2.75, 3.05) is 12.1 Å². The zero-order chi connectivity index (χ0) is 12.4. The summed E-state index contributed by atoms with van der Waals surface area (Å²) in [6.45, 7) is 1.96. The molecule has 5 heteroatoms. The fourth-order valence-electron chi connectivity index (χ4n) is 1.76. The molecule has 1 aromatic rings. The zero-order valence-electron chi connectivity index (χ0n) is 9.70. The van der Waals surface area contributed by atoms with Crippen molar-refractivity contribution in [3.8, 4) is 0 Å². The van der Waals surface area contributed by atoms with Gasteiger partial charge in [-0.1, -0.05) is 15.9 Å². The van der Waals surface area contributed by atoms with E-state index in [2.05, 4.69) is 26.7 Å². The number of hydrazine groups is 1. The number of carbonyl (C=O) groups excluding carboxylic acids is 1. The van der Waals surface area contributed by atoms with Crippen LogP contribution in [0.15, 0.2) is 40.5 Å². The molecule has 17 heavy (non-hydrogen) atoms. The summed E-state index contributed by atoms with van der Waals surface area (Å²) in [6.07, 6.45) is 1.73. The van der Waals surface area contributed by atoms with Crippen LogP contribution < -0.4 is 15.8 Å². The SMILES string of the molecule is CNC=C1C(=O)N(c2ccc(Br)cc2)NC1C. The second kappa shape index (κ2) is 4.89. The largest absolute Gasteiger partial charge is 0.394 e. The summed E-state index contributed by atoms with van der Waals surface area (Å²) < 4.78 is 0.993. The predicted octanol–water partition coefficient (Wildman–Crippen LogP) is 1.79. The molecule has 0 radical (unpaired) electrons. The van der Waals surface area contributed by atoms with Gasteiger partial charge < -0.3 is 5.32 Å². The van der Waals surface area contributed by atoms with Gasteiger partial charge in [0.25, 0.3) is 5.91 Å². The third-order valence-corrected chi connectivity index (χ3v) is 3.15. The summed E-state index contributed by atoms with van der Waals surface area (Å²) in [6, 6.07) is 7.62. The van der Waals surface area contributed by atoms with Gasteiger partial charge in [-0.25, -0.2) is 10.4 Å². The first kappa shape index (κ1) is 12.1. The number of benzene rings is 1. The molecular weight excluding hydrogens is 282 g/mol. The molecule has 0 aliphatic carbocycles.